The molecule has 2 bridgehead atoms. The number of piperidine rings is 1. The van der Waals surface area contributed by atoms with Gasteiger partial charge in [-0.1, -0.05) is 17.7 Å². The van der Waals surface area contributed by atoms with Crippen LogP contribution in [0.25, 0.3) is 11.0 Å². The van der Waals surface area contributed by atoms with Gasteiger partial charge in [-0.3, -0.25) is 0 Å². The number of ether oxygens (including phenoxy) is 1. The summed E-state index contributed by atoms with van der Waals surface area (Å²) in [5.74, 6) is 0. The molecule has 0 radical (unpaired) electrons. The minimum Gasteiger partial charge on any atom is -0.371 e. The molecule has 2 unspecified atom stereocenters. The van der Waals surface area contributed by atoms with E-state index in [4.69, 9.17) is 4.74 Å². The van der Waals surface area contributed by atoms with Crippen molar-refractivity contribution in [3.8, 4) is 0 Å². The first-order valence-electron chi connectivity index (χ1n) is 8.81. The number of hydrogen-bond acceptors (Lipinski definition) is 5. The Hall–Kier alpha value is -1.65. The molecule has 0 spiro atoms. The molecule has 0 saturated carbocycles. The van der Waals surface area contributed by atoms with Crippen molar-refractivity contribution in [2.45, 2.75) is 30.4 Å². The number of fused-ring (bicyclic) bond motifs is 3. The molecule has 1 aromatic carbocycles. The highest BCUT2D eigenvalue weighted by atomic mass is 127. The van der Waals surface area contributed by atoms with Crippen LogP contribution in [-0.4, -0.2) is 42.7 Å². The number of nitrogens with zero attached hydrogens (tertiary/aromatic N) is 3. The number of rotatable bonds is 3. The molecular formula is C19H18IN3O3S. The monoisotopic (exact) mass is 495 g/mol. The van der Waals surface area contributed by atoms with Crippen LogP contribution in [-0.2, 0) is 14.8 Å². The average Bonchev–Trinajstić information content (AvgIpc) is 2.99. The Labute approximate surface area is 171 Å². The first-order valence-corrected chi connectivity index (χ1v) is 11.3. The minimum atomic E-state index is -3.69. The van der Waals surface area contributed by atoms with Gasteiger partial charge in [0.1, 0.15) is 0 Å². The van der Waals surface area contributed by atoms with E-state index in [2.05, 4.69) is 32.5 Å². The van der Waals surface area contributed by atoms with Crippen molar-refractivity contribution in [2.75, 3.05) is 18.0 Å². The van der Waals surface area contributed by atoms with Gasteiger partial charge in [0.15, 0.2) is 5.65 Å². The van der Waals surface area contributed by atoms with Crippen LogP contribution in [0, 0.1) is 10.5 Å². The number of aryl methyl sites for hydroxylation is 1. The number of morpholine rings is 1. The molecule has 0 aliphatic carbocycles. The topological polar surface area (TPSA) is 64.4 Å². The normalized spacial score (nSPS) is 22.1. The van der Waals surface area contributed by atoms with Crippen LogP contribution in [0.3, 0.4) is 0 Å². The zero-order valence-electron chi connectivity index (χ0n) is 14.7. The number of halogens is 1. The zero-order chi connectivity index (χ0) is 18.8. The van der Waals surface area contributed by atoms with Crippen molar-refractivity contribution in [2.24, 2.45) is 0 Å². The van der Waals surface area contributed by atoms with E-state index in [9.17, 15) is 8.42 Å². The molecular weight excluding hydrogens is 477 g/mol. The van der Waals surface area contributed by atoms with Crippen LogP contribution in [0.4, 0.5) is 5.69 Å². The largest absolute Gasteiger partial charge is 0.371 e. The molecule has 140 valence electrons. The molecule has 2 aromatic heterocycles. The minimum absolute atomic E-state index is 0.264. The van der Waals surface area contributed by atoms with E-state index in [-0.39, 0.29) is 4.90 Å². The van der Waals surface area contributed by atoms with Crippen LogP contribution < -0.4 is 4.90 Å². The fourth-order valence-corrected chi connectivity index (χ4v) is 5.97. The first kappa shape index (κ1) is 17.4. The third-order valence-corrected chi connectivity index (χ3v) is 7.77. The molecule has 2 atom stereocenters. The van der Waals surface area contributed by atoms with Gasteiger partial charge in [0.05, 0.1) is 29.0 Å². The van der Waals surface area contributed by atoms with Gasteiger partial charge in [-0.2, -0.15) is 0 Å². The van der Waals surface area contributed by atoms with Crippen molar-refractivity contribution < 1.29 is 13.2 Å². The smallest absolute Gasteiger partial charge is 0.269 e. The number of hydrogen-bond donors (Lipinski definition) is 0. The van der Waals surface area contributed by atoms with Gasteiger partial charge in [-0.25, -0.2) is 17.4 Å². The summed E-state index contributed by atoms with van der Waals surface area (Å²) in [6.07, 6.45) is 5.17. The predicted molar refractivity (Wildman–Crippen MR) is 112 cm³/mol. The average molecular weight is 495 g/mol. The second kappa shape index (κ2) is 6.18. The van der Waals surface area contributed by atoms with Crippen LogP contribution in [0.1, 0.15) is 12.0 Å². The van der Waals surface area contributed by atoms with Crippen molar-refractivity contribution in [1.82, 2.24) is 8.96 Å². The van der Waals surface area contributed by atoms with Gasteiger partial charge in [-0.05, 0) is 47.7 Å². The highest BCUT2D eigenvalue weighted by molar-refractivity contribution is 14.1. The molecule has 27 heavy (non-hydrogen) atoms. The molecule has 0 N–H and O–H groups in total. The van der Waals surface area contributed by atoms with Crippen molar-refractivity contribution in [1.29, 1.82) is 0 Å². The molecule has 8 heteroatoms. The van der Waals surface area contributed by atoms with Gasteiger partial charge in [-0.15, -0.1) is 0 Å². The van der Waals surface area contributed by atoms with Gasteiger partial charge < -0.3 is 9.64 Å². The van der Waals surface area contributed by atoms with Crippen LogP contribution in [0.2, 0.25) is 0 Å². The number of anilines is 1. The highest BCUT2D eigenvalue weighted by Crippen LogP contribution is 2.33. The maximum atomic E-state index is 13.1. The summed E-state index contributed by atoms with van der Waals surface area (Å²) in [6.45, 7) is 3.66. The maximum absolute atomic E-state index is 13.1. The van der Waals surface area contributed by atoms with Gasteiger partial charge >= 0.3 is 0 Å². The van der Waals surface area contributed by atoms with Crippen molar-refractivity contribution >= 4 is 49.3 Å². The van der Waals surface area contributed by atoms with E-state index in [1.165, 1.54) is 3.97 Å². The van der Waals surface area contributed by atoms with Crippen LogP contribution in [0.15, 0.2) is 47.6 Å². The van der Waals surface area contributed by atoms with E-state index in [1.807, 2.05) is 13.0 Å². The van der Waals surface area contributed by atoms with Crippen molar-refractivity contribution in [3.63, 3.8) is 0 Å². The van der Waals surface area contributed by atoms with Gasteiger partial charge in [0, 0.05) is 34.7 Å². The third-order valence-electron chi connectivity index (χ3n) is 5.25. The molecule has 3 saturated heterocycles. The molecule has 3 aromatic rings. The maximum Gasteiger partial charge on any atom is 0.269 e. The van der Waals surface area contributed by atoms with Gasteiger partial charge in [0.2, 0.25) is 0 Å². The van der Waals surface area contributed by atoms with Crippen LogP contribution >= 0.6 is 22.6 Å². The summed E-state index contributed by atoms with van der Waals surface area (Å²) in [5, 5.41) is 0.851. The number of pyridine rings is 1. The summed E-state index contributed by atoms with van der Waals surface area (Å²) < 4.78 is 34.1. The fraction of sp³-hybridized carbons (Fsp3) is 0.316. The summed E-state index contributed by atoms with van der Waals surface area (Å²) >= 11 is 2.18. The SMILES string of the molecule is Cc1ccc(S(=O)(=O)n2cc(I)c3cc(N4CC5CC(C4)O5)cnc32)cc1. The Bertz CT molecular complexity index is 1120. The summed E-state index contributed by atoms with van der Waals surface area (Å²) in [4.78, 5) is 7.06. The lowest BCUT2D eigenvalue weighted by Gasteiger charge is -2.47. The fourth-order valence-electron chi connectivity index (χ4n) is 3.78. The lowest BCUT2D eigenvalue weighted by molar-refractivity contribution is -0.133. The molecule has 3 aliphatic rings. The molecule has 0 amide bonds. The first-order chi connectivity index (χ1) is 12.9. The molecule has 5 heterocycles. The highest BCUT2D eigenvalue weighted by Gasteiger charge is 2.38. The Morgan fingerprint density at radius 1 is 1.19 bits per heavy atom. The Balaban J connectivity index is 1.57. The Morgan fingerprint density at radius 3 is 2.52 bits per heavy atom. The molecule has 6 rings (SSSR count). The van der Waals surface area contributed by atoms with Crippen molar-refractivity contribution in [3.05, 3.63) is 51.9 Å². The predicted octanol–water partition coefficient (Wildman–Crippen LogP) is 3.16. The van der Waals surface area contributed by atoms with E-state index in [0.29, 0.717) is 17.9 Å². The summed E-state index contributed by atoms with van der Waals surface area (Å²) in [6, 6.07) is 8.92. The van der Waals surface area contributed by atoms with E-state index in [0.717, 1.165) is 39.7 Å². The summed E-state index contributed by atoms with van der Waals surface area (Å²) in [7, 11) is -3.69. The lowest BCUT2D eigenvalue weighted by Crippen LogP contribution is -2.57. The molecule has 6 nitrogen and oxygen atoms in total. The standard InChI is InChI=1S/C19H18IN3O3S/c1-12-2-4-16(5-3-12)27(24,25)23-11-18(20)17-6-13(8-21-19(17)23)22-9-14-7-15(10-22)26-14/h2-6,8,11,14-15H,7,9-10H2,1H3. The quantitative estimate of drug-likeness (QED) is 0.523. The van der Waals surface area contributed by atoms with E-state index >= 15 is 0 Å². The second-order valence-corrected chi connectivity index (χ2v) is 10.2. The van der Waals surface area contributed by atoms with Crippen LogP contribution in [0.5, 0.6) is 0 Å². The zero-order valence-corrected chi connectivity index (χ0v) is 17.6. The van der Waals surface area contributed by atoms with E-state index in [1.54, 1.807) is 36.7 Å². The lowest BCUT2D eigenvalue weighted by atomic mass is 9.98. The second-order valence-electron chi connectivity index (χ2n) is 7.18. The third kappa shape index (κ3) is 2.85. The molecule has 3 fully saturated rings. The van der Waals surface area contributed by atoms with Gasteiger partial charge in [0.25, 0.3) is 10.0 Å². The number of benzene rings is 1. The molecule has 3 aliphatic heterocycles. The Morgan fingerprint density at radius 2 is 1.85 bits per heavy atom. The number of aromatic nitrogens is 2. The van der Waals surface area contributed by atoms with E-state index < -0.39 is 10.0 Å². The Kier molecular flexibility index (Phi) is 3.99. The summed E-state index contributed by atoms with van der Waals surface area (Å²) in [5.41, 5.74) is 2.50.